The molecule has 0 aliphatic heterocycles. The predicted molar refractivity (Wildman–Crippen MR) is 105 cm³/mol. The minimum atomic E-state index is 0.725. The van der Waals surface area contributed by atoms with Gasteiger partial charge < -0.3 is 9.64 Å². The Bertz CT molecular complexity index is 563. The highest BCUT2D eigenvalue weighted by atomic mass is 16.5. The summed E-state index contributed by atoms with van der Waals surface area (Å²) in [7, 11) is 2.29. The van der Waals surface area contributed by atoms with E-state index in [9.17, 15) is 0 Å². The monoisotopic (exact) mass is 345 g/mol. The van der Waals surface area contributed by atoms with E-state index in [2.05, 4.69) is 30.9 Å². The molecule has 0 saturated carbocycles. The lowest BCUT2D eigenvalue weighted by molar-refractivity contribution is 0.202. The van der Waals surface area contributed by atoms with Gasteiger partial charge >= 0.3 is 0 Å². The molecule has 0 amide bonds. The summed E-state index contributed by atoms with van der Waals surface area (Å²) < 4.78 is 7.67. The molecule has 0 radical (unpaired) electrons. The number of hydrogen-bond donors (Lipinski definition) is 0. The molecule has 1 atom stereocenters. The number of fused-ring (bicyclic) bond motifs is 1. The first kappa shape index (κ1) is 19.8. The Labute approximate surface area is 153 Å². The lowest BCUT2D eigenvalue weighted by Crippen LogP contribution is -2.32. The summed E-state index contributed by atoms with van der Waals surface area (Å²) in [5, 5.41) is 4.42. The third kappa shape index (κ3) is 6.69. The van der Waals surface area contributed by atoms with Crippen LogP contribution in [0.5, 0.6) is 5.88 Å². The van der Waals surface area contributed by atoms with Crippen LogP contribution >= 0.6 is 0 Å². The van der Waals surface area contributed by atoms with Crippen molar-refractivity contribution in [3.8, 4) is 5.88 Å². The SMILES string of the molecule is CCCCCC(CCC)N(C)CCCCOc1cc2ccccn2n1. The van der Waals surface area contributed by atoms with Crippen molar-refractivity contribution in [1.82, 2.24) is 14.5 Å². The topological polar surface area (TPSA) is 29.8 Å². The molecular weight excluding hydrogens is 310 g/mol. The van der Waals surface area contributed by atoms with Gasteiger partial charge in [0.2, 0.25) is 5.88 Å². The zero-order valence-corrected chi connectivity index (χ0v) is 16.3. The Morgan fingerprint density at radius 1 is 1.08 bits per heavy atom. The van der Waals surface area contributed by atoms with E-state index in [0.717, 1.165) is 37.0 Å². The van der Waals surface area contributed by atoms with Crippen LogP contribution in [-0.2, 0) is 0 Å². The summed E-state index contributed by atoms with van der Waals surface area (Å²) >= 11 is 0. The minimum Gasteiger partial charge on any atom is -0.477 e. The Morgan fingerprint density at radius 3 is 2.72 bits per heavy atom. The zero-order valence-electron chi connectivity index (χ0n) is 16.3. The fraction of sp³-hybridized carbons (Fsp3) is 0.667. The van der Waals surface area contributed by atoms with Crippen molar-refractivity contribution < 1.29 is 4.74 Å². The van der Waals surface area contributed by atoms with Crippen LogP contribution in [-0.4, -0.2) is 40.8 Å². The molecule has 0 fully saturated rings. The summed E-state index contributed by atoms with van der Waals surface area (Å²) in [5.41, 5.74) is 1.08. The first-order chi connectivity index (χ1) is 12.2. The highest BCUT2D eigenvalue weighted by Gasteiger charge is 2.13. The van der Waals surface area contributed by atoms with Gasteiger partial charge in [0.05, 0.1) is 12.1 Å². The van der Waals surface area contributed by atoms with E-state index in [-0.39, 0.29) is 0 Å². The van der Waals surface area contributed by atoms with Crippen LogP contribution in [0.15, 0.2) is 30.5 Å². The van der Waals surface area contributed by atoms with E-state index in [0.29, 0.717) is 0 Å². The van der Waals surface area contributed by atoms with Gasteiger partial charge in [-0.2, -0.15) is 0 Å². The van der Waals surface area contributed by atoms with Crippen LogP contribution in [0.2, 0.25) is 0 Å². The zero-order chi connectivity index (χ0) is 17.9. The first-order valence-electron chi connectivity index (χ1n) is 10.0. The van der Waals surface area contributed by atoms with Crippen LogP contribution in [0.3, 0.4) is 0 Å². The normalized spacial score (nSPS) is 12.8. The maximum absolute atomic E-state index is 5.81. The summed E-state index contributed by atoms with van der Waals surface area (Å²) in [6, 6.07) is 8.78. The summed E-state index contributed by atoms with van der Waals surface area (Å²) in [6.45, 7) is 6.47. The number of hydrogen-bond acceptors (Lipinski definition) is 3. The lowest BCUT2D eigenvalue weighted by atomic mass is 10.0. The third-order valence-electron chi connectivity index (χ3n) is 4.89. The molecule has 2 aromatic heterocycles. The molecule has 2 heterocycles. The Hall–Kier alpha value is -1.55. The molecule has 0 N–H and O–H groups in total. The van der Waals surface area contributed by atoms with Gasteiger partial charge in [-0.3, -0.25) is 0 Å². The summed E-state index contributed by atoms with van der Waals surface area (Å²) in [4.78, 5) is 2.56. The second kappa shape index (κ2) is 11.1. The fourth-order valence-electron chi connectivity index (χ4n) is 3.36. The molecule has 2 rings (SSSR count). The molecule has 0 aliphatic rings. The standard InChI is InChI=1S/C21H35N3O/c1-4-6-7-13-19(12-5-2)23(3)15-10-11-17-25-21-18-20-14-8-9-16-24(20)22-21/h8-9,14,16,18-19H,4-7,10-13,15,17H2,1-3H3. The Kier molecular flexibility index (Phi) is 8.81. The number of unbranched alkanes of at least 4 members (excludes halogenated alkanes) is 3. The molecular formula is C21H35N3O. The first-order valence-corrected chi connectivity index (χ1v) is 10.0. The van der Waals surface area contributed by atoms with E-state index in [4.69, 9.17) is 4.74 Å². The maximum Gasteiger partial charge on any atom is 0.233 e. The molecule has 0 bridgehead atoms. The molecule has 25 heavy (non-hydrogen) atoms. The van der Waals surface area contributed by atoms with Crippen molar-refractivity contribution in [2.24, 2.45) is 0 Å². The van der Waals surface area contributed by atoms with Crippen LogP contribution in [0.4, 0.5) is 0 Å². The third-order valence-corrected chi connectivity index (χ3v) is 4.89. The second-order valence-electron chi connectivity index (χ2n) is 7.03. The summed E-state index contributed by atoms with van der Waals surface area (Å²) in [6.07, 6.45) is 12.2. The molecule has 4 heteroatoms. The van der Waals surface area contributed by atoms with E-state index < -0.39 is 0 Å². The summed E-state index contributed by atoms with van der Waals surface area (Å²) in [5.74, 6) is 0.725. The van der Waals surface area contributed by atoms with Gasteiger partial charge in [0.25, 0.3) is 0 Å². The van der Waals surface area contributed by atoms with Crippen molar-refractivity contribution in [2.45, 2.75) is 71.3 Å². The van der Waals surface area contributed by atoms with Crippen molar-refractivity contribution in [1.29, 1.82) is 0 Å². The van der Waals surface area contributed by atoms with Crippen LogP contribution < -0.4 is 4.74 Å². The highest BCUT2D eigenvalue weighted by molar-refractivity contribution is 5.48. The number of nitrogens with zero attached hydrogens (tertiary/aromatic N) is 3. The van der Waals surface area contributed by atoms with Gasteiger partial charge in [0.1, 0.15) is 0 Å². The number of aromatic nitrogens is 2. The van der Waals surface area contributed by atoms with Crippen LogP contribution in [0.25, 0.3) is 5.52 Å². The molecule has 1 unspecified atom stereocenters. The van der Waals surface area contributed by atoms with Gasteiger partial charge in [-0.05, 0) is 51.4 Å². The van der Waals surface area contributed by atoms with E-state index in [1.54, 1.807) is 0 Å². The van der Waals surface area contributed by atoms with Gasteiger partial charge in [-0.25, -0.2) is 4.52 Å². The van der Waals surface area contributed by atoms with E-state index in [1.165, 1.54) is 44.9 Å². The quantitative estimate of drug-likeness (QED) is 0.469. The molecule has 4 nitrogen and oxygen atoms in total. The van der Waals surface area contributed by atoms with Crippen LogP contribution in [0, 0.1) is 0 Å². The molecule has 2 aromatic rings. The molecule has 0 spiro atoms. The second-order valence-corrected chi connectivity index (χ2v) is 7.03. The molecule has 0 aliphatic carbocycles. The maximum atomic E-state index is 5.81. The van der Waals surface area contributed by atoms with Crippen molar-refractivity contribution in [3.63, 3.8) is 0 Å². The average Bonchev–Trinajstić information content (AvgIpc) is 3.03. The molecule has 0 saturated heterocycles. The Morgan fingerprint density at radius 2 is 1.96 bits per heavy atom. The Balaban J connectivity index is 1.65. The lowest BCUT2D eigenvalue weighted by Gasteiger charge is -2.28. The van der Waals surface area contributed by atoms with Crippen molar-refractivity contribution >= 4 is 5.52 Å². The van der Waals surface area contributed by atoms with Gasteiger partial charge in [-0.15, -0.1) is 5.10 Å². The molecule has 140 valence electrons. The van der Waals surface area contributed by atoms with Crippen LogP contribution in [0.1, 0.15) is 65.2 Å². The van der Waals surface area contributed by atoms with Gasteiger partial charge in [0, 0.05) is 18.3 Å². The average molecular weight is 346 g/mol. The van der Waals surface area contributed by atoms with Gasteiger partial charge in [0.15, 0.2) is 0 Å². The molecule has 0 aromatic carbocycles. The van der Waals surface area contributed by atoms with Gasteiger partial charge in [-0.1, -0.05) is 45.6 Å². The number of ether oxygens (including phenoxy) is 1. The number of pyridine rings is 1. The minimum absolute atomic E-state index is 0.725. The number of rotatable bonds is 13. The van der Waals surface area contributed by atoms with E-state index >= 15 is 0 Å². The highest BCUT2D eigenvalue weighted by Crippen LogP contribution is 2.15. The van der Waals surface area contributed by atoms with Crippen molar-refractivity contribution in [2.75, 3.05) is 20.2 Å². The fourth-order valence-corrected chi connectivity index (χ4v) is 3.36. The van der Waals surface area contributed by atoms with E-state index in [1.807, 2.05) is 35.0 Å². The smallest absolute Gasteiger partial charge is 0.233 e. The van der Waals surface area contributed by atoms with Crippen molar-refractivity contribution in [3.05, 3.63) is 30.5 Å². The predicted octanol–water partition coefficient (Wildman–Crippen LogP) is 5.17. The largest absolute Gasteiger partial charge is 0.477 e.